The Morgan fingerprint density at radius 2 is 1.90 bits per heavy atom. The molecule has 3 aromatic heterocycles. The number of nitrogens with zero attached hydrogens (tertiary/aromatic N) is 4. The van der Waals surface area contributed by atoms with Gasteiger partial charge >= 0.3 is 5.63 Å². The molecule has 8 heteroatoms. The number of hydrogen-bond donors (Lipinski definition) is 0. The number of aromatic nitrogens is 2. The van der Waals surface area contributed by atoms with Gasteiger partial charge < -0.3 is 9.32 Å². The van der Waals surface area contributed by atoms with Crippen LogP contribution in [-0.4, -0.2) is 47.1 Å². The lowest BCUT2D eigenvalue weighted by Gasteiger charge is -2.42. The lowest BCUT2D eigenvalue weighted by atomic mass is 10.1. The Labute approximate surface area is 182 Å². The topological polar surface area (TPSA) is 62.5 Å². The first-order valence-electron chi connectivity index (χ1n) is 9.88. The van der Waals surface area contributed by atoms with Gasteiger partial charge in [-0.05, 0) is 51.2 Å². The zero-order chi connectivity index (χ0) is 21.0. The van der Waals surface area contributed by atoms with Gasteiger partial charge in [0.05, 0.1) is 15.3 Å². The molecule has 0 aliphatic carbocycles. The molecule has 0 amide bonds. The van der Waals surface area contributed by atoms with E-state index in [1.54, 1.807) is 12.1 Å². The van der Waals surface area contributed by atoms with E-state index in [-0.39, 0.29) is 0 Å². The normalized spacial score (nSPS) is 20.3. The molecule has 4 heterocycles. The van der Waals surface area contributed by atoms with Crippen LogP contribution in [0.25, 0.3) is 31.9 Å². The standard InChI is InChI=1S/C22H21ClN4O2S/c1-12-10-27(11-13(2)26(12)3)18-8-7-14-9-15(22(28)29-20(14)24-18)21-25-19-16(23)5-4-6-17(19)30-21/h4-9,12-13H,10-11H2,1-3H3. The van der Waals surface area contributed by atoms with E-state index in [0.29, 0.717) is 38.9 Å². The van der Waals surface area contributed by atoms with Crippen LogP contribution in [0.5, 0.6) is 0 Å². The summed E-state index contributed by atoms with van der Waals surface area (Å²) in [5.74, 6) is 0.831. The highest BCUT2D eigenvalue weighted by Gasteiger charge is 2.27. The average Bonchev–Trinajstić information content (AvgIpc) is 3.16. The zero-order valence-electron chi connectivity index (χ0n) is 16.9. The Balaban J connectivity index is 1.54. The number of para-hydroxylation sites is 1. The molecule has 2 unspecified atom stereocenters. The Morgan fingerprint density at radius 3 is 2.63 bits per heavy atom. The molecule has 0 saturated carbocycles. The fourth-order valence-electron chi connectivity index (χ4n) is 3.94. The molecular formula is C22H21ClN4O2S. The number of benzene rings is 1. The lowest BCUT2D eigenvalue weighted by Crippen LogP contribution is -2.55. The molecule has 5 rings (SSSR count). The number of rotatable bonds is 2. The van der Waals surface area contributed by atoms with Crippen molar-refractivity contribution < 1.29 is 4.42 Å². The summed E-state index contributed by atoms with van der Waals surface area (Å²) < 4.78 is 6.54. The number of halogens is 1. The monoisotopic (exact) mass is 440 g/mol. The zero-order valence-corrected chi connectivity index (χ0v) is 18.5. The molecule has 0 bridgehead atoms. The van der Waals surface area contributed by atoms with Crippen LogP contribution in [-0.2, 0) is 0 Å². The molecule has 0 N–H and O–H groups in total. The van der Waals surface area contributed by atoms with E-state index in [4.69, 9.17) is 16.0 Å². The highest BCUT2D eigenvalue weighted by molar-refractivity contribution is 7.21. The van der Waals surface area contributed by atoms with Gasteiger partial charge in [0, 0.05) is 30.6 Å². The molecule has 1 aliphatic rings. The number of anilines is 1. The molecule has 0 spiro atoms. The summed E-state index contributed by atoms with van der Waals surface area (Å²) in [5, 5.41) is 1.94. The summed E-state index contributed by atoms with van der Waals surface area (Å²) in [5.41, 5.74) is 1.03. The van der Waals surface area contributed by atoms with Gasteiger partial charge in [0.15, 0.2) is 0 Å². The summed E-state index contributed by atoms with van der Waals surface area (Å²) in [7, 11) is 2.15. The van der Waals surface area contributed by atoms with Gasteiger partial charge in [-0.2, -0.15) is 4.98 Å². The molecule has 1 aromatic carbocycles. The van der Waals surface area contributed by atoms with Crippen molar-refractivity contribution in [2.24, 2.45) is 0 Å². The van der Waals surface area contributed by atoms with Crippen molar-refractivity contribution in [3.8, 4) is 10.6 Å². The fourth-order valence-corrected chi connectivity index (χ4v) is 5.21. The Hall–Kier alpha value is -2.48. The van der Waals surface area contributed by atoms with Crippen LogP contribution >= 0.6 is 22.9 Å². The van der Waals surface area contributed by atoms with E-state index >= 15 is 0 Å². The molecule has 1 saturated heterocycles. The van der Waals surface area contributed by atoms with Crippen LogP contribution in [0.3, 0.4) is 0 Å². The maximum absolute atomic E-state index is 12.7. The summed E-state index contributed by atoms with van der Waals surface area (Å²) in [6.07, 6.45) is 0. The van der Waals surface area contributed by atoms with Crippen molar-refractivity contribution in [3.63, 3.8) is 0 Å². The van der Waals surface area contributed by atoms with E-state index < -0.39 is 5.63 Å². The van der Waals surface area contributed by atoms with Crippen molar-refractivity contribution in [2.45, 2.75) is 25.9 Å². The predicted molar refractivity (Wildman–Crippen MR) is 123 cm³/mol. The van der Waals surface area contributed by atoms with E-state index in [9.17, 15) is 4.79 Å². The van der Waals surface area contributed by atoms with Gasteiger partial charge in [0.25, 0.3) is 0 Å². The number of hydrogen-bond acceptors (Lipinski definition) is 7. The molecule has 1 aliphatic heterocycles. The van der Waals surface area contributed by atoms with Gasteiger partial charge in [-0.3, -0.25) is 4.90 Å². The summed E-state index contributed by atoms with van der Waals surface area (Å²) in [6, 6.07) is 12.2. The molecule has 30 heavy (non-hydrogen) atoms. The fraction of sp³-hybridized carbons (Fsp3) is 0.318. The molecule has 4 aromatic rings. The van der Waals surface area contributed by atoms with E-state index in [1.165, 1.54) is 11.3 Å². The summed E-state index contributed by atoms with van der Waals surface area (Å²) >= 11 is 7.66. The summed E-state index contributed by atoms with van der Waals surface area (Å²) in [6.45, 7) is 6.18. The second-order valence-electron chi connectivity index (χ2n) is 7.89. The van der Waals surface area contributed by atoms with Gasteiger partial charge in [0.2, 0.25) is 5.71 Å². The average molecular weight is 441 g/mol. The van der Waals surface area contributed by atoms with Gasteiger partial charge in [-0.25, -0.2) is 9.78 Å². The van der Waals surface area contributed by atoms with Crippen molar-refractivity contribution in [3.05, 3.63) is 51.8 Å². The third-order valence-corrected chi connectivity index (χ3v) is 7.23. The molecule has 1 fully saturated rings. The van der Waals surface area contributed by atoms with E-state index in [1.807, 2.05) is 24.3 Å². The highest BCUT2D eigenvalue weighted by atomic mass is 35.5. The van der Waals surface area contributed by atoms with Gasteiger partial charge in [0.1, 0.15) is 16.3 Å². The number of fused-ring (bicyclic) bond motifs is 2. The van der Waals surface area contributed by atoms with Crippen LogP contribution in [0.4, 0.5) is 5.82 Å². The minimum absolute atomic E-state index is 0.347. The number of piperazine rings is 1. The third-order valence-electron chi connectivity index (χ3n) is 5.87. The SMILES string of the molecule is CC1CN(c2ccc3cc(-c4nc5c(Cl)cccc5s4)c(=O)oc3n2)CC(C)N1C. The molecular weight excluding hydrogens is 420 g/mol. The Kier molecular flexibility index (Phi) is 4.76. The maximum atomic E-state index is 12.7. The second-order valence-corrected chi connectivity index (χ2v) is 9.32. The van der Waals surface area contributed by atoms with Crippen LogP contribution < -0.4 is 10.5 Å². The van der Waals surface area contributed by atoms with E-state index in [2.05, 4.69) is 40.7 Å². The van der Waals surface area contributed by atoms with E-state index in [0.717, 1.165) is 29.0 Å². The first-order chi connectivity index (χ1) is 14.4. The Bertz CT molecular complexity index is 1310. The number of likely N-dealkylation sites (N-methyl/N-ethyl adjacent to an activating group) is 1. The lowest BCUT2D eigenvalue weighted by molar-refractivity contribution is 0.169. The van der Waals surface area contributed by atoms with Crippen molar-refractivity contribution >= 4 is 50.1 Å². The van der Waals surface area contributed by atoms with Crippen LogP contribution in [0.1, 0.15) is 13.8 Å². The number of thiazole rings is 1. The van der Waals surface area contributed by atoms with Crippen LogP contribution in [0.15, 0.2) is 45.6 Å². The first kappa shape index (κ1) is 19.5. The Morgan fingerprint density at radius 1 is 1.13 bits per heavy atom. The quantitative estimate of drug-likeness (QED) is 0.452. The summed E-state index contributed by atoms with van der Waals surface area (Å²) in [4.78, 5) is 26.6. The van der Waals surface area contributed by atoms with Crippen LogP contribution in [0, 0.1) is 0 Å². The first-order valence-corrected chi connectivity index (χ1v) is 11.1. The largest absolute Gasteiger partial charge is 0.403 e. The predicted octanol–water partition coefficient (Wildman–Crippen LogP) is 4.65. The van der Waals surface area contributed by atoms with Crippen molar-refractivity contribution in [1.82, 2.24) is 14.9 Å². The molecule has 0 radical (unpaired) electrons. The van der Waals surface area contributed by atoms with Gasteiger partial charge in [-0.1, -0.05) is 17.7 Å². The van der Waals surface area contributed by atoms with Crippen molar-refractivity contribution in [1.29, 1.82) is 0 Å². The van der Waals surface area contributed by atoms with Crippen molar-refractivity contribution in [2.75, 3.05) is 25.0 Å². The second kappa shape index (κ2) is 7.34. The van der Waals surface area contributed by atoms with Gasteiger partial charge in [-0.15, -0.1) is 11.3 Å². The minimum Gasteiger partial charge on any atom is -0.403 e. The smallest absolute Gasteiger partial charge is 0.347 e. The third kappa shape index (κ3) is 3.27. The van der Waals surface area contributed by atoms with Crippen LogP contribution in [0.2, 0.25) is 5.02 Å². The highest BCUT2D eigenvalue weighted by Crippen LogP contribution is 2.33. The maximum Gasteiger partial charge on any atom is 0.347 e. The molecule has 2 atom stereocenters. The minimum atomic E-state index is -0.442. The molecule has 154 valence electrons. The number of pyridine rings is 1. The molecule has 6 nitrogen and oxygen atoms in total.